The fraction of sp³-hybridized carbons (Fsp3) is 0.333. The highest BCUT2D eigenvalue weighted by atomic mass is 19.1. The number of pyridine rings is 1. The van der Waals surface area contributed by atoms with Gasteiger partial charge in [0.1, 0.15) is 6.33 Å². The smallest absolute Gasteiger partial charge is 0.241 e. The minimum Gasteiger partial charge on any atom is -0.362 e. The average Bonchev–Trinajstić information content (AvgIpc) is 3.25. The monoisotopic (exact) mass is 414 g/mol. The van der Waals surface area contributed by atoms with Gasteiger partial charge in [-0.25, -0.2) is 13.9 Å². The molecule has 0 saturated carbocycles. The molecule has 0 fully saturated rings. The van der Waals surface area contributed by atoms with Crippen molar-refractivity contribution in [2.24, 2.45) is 5.73 Å². The zero-order valence-electron chi connectivity index (χ0n) is 17.2. The Bertz CT molecular complexity index is 944. The van der Waals surface area contributed by atoms with Gasteiger partial charge in [-0.3, -0.25) is 9.59 Å². The summed E-state index contributed by atoms with van der Waals surface area (Å²) in [4.78, 5) is 26.5. The summed E-state index contributed by atoms with van der Waals surface area (Å²) in [5, 5.41) is 6.39. The molecule has 2 amide bonds. The van der Waals surface area contributed by atoms with Gasteiger partial charge in [-0.15, -0.1) is 0 Å². The largest absolute Gasteiger partial charge is 0.362 e. The van der Waals surface area contributed by atoms with Crippen molar-refractivity contribution in [2.45, 2.75) is 25.8 Å². The maximum Gasteiger partial charge on any atom is 0.241 e. The SMILES string of the molecule is CCCN(CF)C(=O)[C@@H](N)Cc1ccc(-c2ccc3ncnn3c2)cc1.CNC=O. The Labute approximate surface area is 174 Å². The van der Waals surface area contributed by atoms with Crippen LogP contribution in [0.25, 0.3) is 16.8 Å². The molecule has 0 spiro atoms. The molecule has 1 atom stereocenters. The highest BCUT2D eigenvalue weighted by molar-refractivity contribution is 5.82. The van der Waals surface area contributed by atoms with Crippen LogP contribution in [0.3, 0.4) is 0 Å². The van der Waals surface area contributed by atoms with Gasteiger partial charge in [-0.1, -0.05) is 31.2 Å². The van der Waals surface area contributed by atoms with Crippen molar-refractivity contribution in [1.82, 2.24) is 24.8 Å². The molecule has 0 aliphatic rings. The van der Waals surface area contributed by atoms with E-state index in [9.17, 15) is 9.18 Å². The van der Waals surface area contributed by atoms with Crippen molar-refractivity contribution in [2.75, 3.05) is 20.4 Å². The third-order valence-corrected chi connectivity index (χ3v) is 4.40. The van der Waals surface area contributed by atoms with E-state index in [-0.39, 0.29) is 5.91 Å². The Hall–Kier alpha value is -3.33. The zero-order valence-corrected chi connectivity index (χ0v) is 17.2. The summed E-state index contributed by atoms with van der Waals surface area (Å²) in [6.45, 7) is 1.48. The molecule has 3 aromatic rings. The fourth-order valence-electron chi connectivity index (χ4n) is 2.90. The second kappa shape index (κ2) is 11.6. The van der Waals surface area contributed by atoms with E-state index in [4.69, 9.17) is 10.5 Å². The summed E-state index contributed by atoms with van der Waals surface area (Å²) in [5.41, 5.74) is 9.75. The van der Waals surface area contributed by atoms with E-state index in [1.807, 2.05) is 49.5 Å². The summed E-state index contributed by atoms with van der Waals surface area (Å²) in [6.07, 6.45) is 5.13. The van der Waals surface area contributed by atoms with Gasteiger partial charge in [-0.2, -0.15) is 5.10 Å². The predicted octanol–water partition coefficient (Wildman–Crippen LogP) is 1.79. The Morgan fingerprint density at radius 3 is 2.53 bits per heavy atom. The van der Waals surface area contributed by atoms with E-state index in [0.29, 0.717) is 25.8 Å². The first-order valence-electron chi connectivity index (χ1n) is 9.64. The number of hydrogen-bond acceptors (Lipinski definition) is 5. The van der Waals surface area contributed by atoms with Gasteiger partial charge in [0, 0.05) is 25.4 Å². The molecule has 0 saturated heterocycles. The van der Waals surface area contributed by atoms with Gasteiger partial charge < -0.3 is 16.0 Å². The Morgan fingerprint density at radius 2 is 1.93 bits per heavy atom. The molecule has 0 bridgehead atoms. The third-order valence-electron chi connectivity index (χ3n) is 4.40. The summed E-state index contributed by atoms with van der Waals surface area (Å²) in [7, 11) is 1.56. The van der Waals surface area contributed by atoms with Crippen molar-refractivity contribution >= 4 is 18.0 Å². The van der Waals surface area contributed by atoms with Crippen molar-refractivity contribution in [3.63, 3.8) is 0 Å². The molecule has 3 rings (SSSR count). The molecule has 160 valence electrons. The molecule has 0 unspecified atom stereocenters. The molecule has 1 aromatic carbocycles. The van der Waals surface area contributed by atoms with Gasteiger partial charge >= 0.3 is 0 Å². The summed E-state index contributed by atoms with van der Waals surface area (Å²) in [5.74, 6) is -0.352. The van der Waals surface area contributed by atoms with Crippen LogP contribution in [0.4, 0.5) is 4.39 Å². The number of nitrogens with one attached hydrogen (secondary N) is 1. The van der Waals surface area contributed by atoms with Crippen LogP contribution in [0.15, 0.2) is 48.9 Å². The second-order valence-electron chi connectivity index (χ2n) is 6.62. The molecule has 0 aliphatic carbocycles. The summed E-state index contributed by atoms with van der Waals surface area (Å²) in [6, 6.07) is 11.0. The van der Waals surface area contributed by atoms with Crippen LogP contribution < -0.4 is 11.1 Å². The molecule has 2 heterocycles. The number of alkyl halides is 1. The summed E-state index contributed by atoms with van der Waals surface area (Å²) < 4.78 is 14.7. The van der Waals surface area contributed by atoms with Crippen LogP contribution >= 0.6 is 0 Å². The molecule has 30 heavy (non-hydrogen) atoms. The number of nitrogens with two attached hydrogens (primary N) is 1. The number of carbonyl (C=O) groups excluding carboxylic acids is 2. The molecular formula is C21H27FN6O2. The highest BCUT2D eigenvalue weighted by Gasteiger charge is 2.20. The molecular weight excluding hydrogens is 387 g/mol. The number of hydrogen-bond donors (Lipinski definition) is 2. The maximum atomic E-state index is 13.0. The van der Waals surface area contributed by atoms with Crippen LogP contribution in [-0.4, -0.2) is 58.2 Å². The van der Waals surface area contributed by atoms with Gasteiger partial charge in [0.15, 0.2) is 12.4 Å². The fourth-order valence-corrected chi connectivity index (χ4v) is 2.90. The number of nitrogens with zero attached hydrogens (tertiary/aromatic N) is 4. The Morgan fingerprint density at radius 1 is 1.27 bits per heavy atom. The van der Waals surface area contributed by atoms with Gasteiger partial charge in [0.2, 0.25) is 12.3 Å². The second-order valence-corrected chi connectivity index (χ2v) is 6.62. The lowest BCUT2D eigenvalue weighted by Gasteiger charge is -2.22. The van der Waals surface area contributed by atoms with Crippen LogP contribution in [0, 0.1) is 0 Å². The molecule has 3 N–H and O–H groups in total. The summed E-state index contributed by atoms with van der Waals surface area (Å²) >= 11 is 0. The van der Waals surface area contributed by atoms with Crippen LogP contribution in [0.5, 0.6) is 0 Å². The molecule has 9 heteroatoms. The molecule has 8 nitrogen and oxygen atoms in total. The number of carbonyl (C=O) groups is 2. The van der Waals surface area contributed by atoms with Gasteiger partial charge in [-0.05, 0) is 36.1 Å². The lowest BCUT2D eigenvalue weighted by molar-refractivity contribution is -0.134. The van der Waals surface area contributed by atoms with E-state index in [2.05, 4.69) is 15.4 Å². The van der Waals surface area contributed by atoms with Crippen LogP contribution in [0.1, 0.15) is 18.9 Å². The van der Waals surface area contributed by atoms with E-state index in [1.54, 1.807) is 11.6 Å². The minimum absolute atomic E-state index is 0.352. The number of halogens is 1. The van der Waals surface area contributed by atoms with Gasteiger partial charge in [0.05, 0.1) is 6.04 Å². The number of fused-ring (bicyclic) bond motifs is 1. The van der Waals surface area contributed by atoms with Crippen molar-refractivity contribution in [3.05, 3.63) is 54.5 Å². The minimum atomic E-state index is -0.802. The number of amides is 2. The first-order valence-corrected chi connectivity index (χ1v) is 9.64. The van der Waals surface area contributed by atoms with Crippen LogP contribution in [-0.2, 0) is 16.0 Å². The van der Waals surface area contributed by atoms with E-state index in [0.717, 1.165) is 27.2 Å². The molecule has 0 aliphatic heterocycles. The zero-order chi connectivity index (χ0) is 21.9. The topological polar surface area (TPSA) is 106 Å². The quantitative estimate of drug-likeness (QED) is 0.432. The van der Waals surface area contributed by atoms with E-state index < -0.39 is 12.8 Å². The van der Waals surface area contributed by atoms with Crippen molar-refractivity contribution in [3.8, 4) is 11.1 Å². The maximum absolute atomic E-state index is 13.0. The predicted molar refractivity (Wildman–Crippen MR) is 113 cm³/mol. The average molecular weight is 414 g/mol. The van der Waals surface area contributed by atoms with E-state index >= 15 is 0 Å². The lowest BCUT2D eigenvalue weighted by atomic mass is 10.0. The number of rotatable bonds is 8. The normalized spacial score (nSPS) is 11.3. The van der Waals surface area contributed by atoms with Crippen molar-refractivity contribution in [1.29, 1.82) is 0 Å². The third kappa shape index (κ3) is 6.08. The molecule has 0 radical (unpaired) electrons. The van der Waals surface area contributed by atoms with Crippen LogP contribution in [0.2, 0.25) is 0 Å². The number of aromatic nitrogens is 3. The molecule has 2 aromatic heterocycles. The first-order chi connectivity index (χ1) is 14.5. The van der Waals surface area contributed by atoms with Crippen molar-refractivity contribution < 1.29 is 14.0 Å². The lowest BCUT2D eigenvalue weighted by Crippen LogP contribution is -2.44. The highest BCUT2D eigenvalue weighted by Crippen LogP contribution is 2.20. The Kier molecular flexibility index (Phi) is 8.89. The van der Waals surface area contributed by atoms with E-state index in [1.165, 1.54) is 6.33 Å². The Balaban J connectivity index is 0.000000735. The standard InChI is InChI=1S/C19H22FN5O.C2H5NO/c1-2-9-24(12-20)19(26)17(21)10-14-3-5-15(6-4-14)16-7-8-18-22-13-23-25(18)11-16;1-3-2-4/h3-8,11,13,17H,2,9-10,12,21H2,1H3;2H,1H3,(H,3,4)/t17-;/m0./s1. The first kappa shape index (κ1) is 23.0. The van der Waals surface area contributed by atoms with Gasteiger partial charge in [0.25, 0.3) is 0 Å². The number of benzene rings is 1.